The lowest BCUT2D eigenvalue weighted by Crippen LogP contribution is -2.41. The van der Waals surface area contributed by atoms with Gasteiger partial charge in [-0.25, -0.2) is 4.39 Å². The summed E-state index contributed by atoms with van der Waals surface area (Å²) in [6.07, 6.45) is -0.386. The fourth-order valence-corrected chi connectivity index (χ4v) is 3.20. The molecule has 1 heterocycles. The van der Waals surface area contributed by atoms with E-state index in [9.17, 15) is 14.0 Å². The number of nitrogens with one attached hydrogen (secondary N) is 1. The van der Waals surface area contributed by atoms with Gasteiger partial charge in [0.2, 0.25) is 0 Å². The second kappa shape index (κ2) is 10.0. The molecule has 1 aliphatic rings. The third kappa shape index (κ3) is 5.80. The molecule has 2 aromatic carbocycles. The summed E-state index contributed by atoms with van der Waals surface area (Å²) < 4.78 is 24.5. The first-order valence-electron chi connectivity index (χ1n) is 10.0. The normalized spacial score (nSPS) is 14.8. The number of rotatable bonds is 7. The van der Waals surface area contributed by atoms with Gasteiger partial charge in [-0.15, -0.1) is 0 Å². The summed E-state index contributed by atoms with van der Waals surface area (Å²) in [7, 11) is 0. The van der Waals surface area contributed by atoms with Gasteiger partial charge in [-0.1, -0.05) is 13.8 Å². The number of nitrogens with zero attached hydrogens (tertiary/aromatic N) is 2. The molecule has 0 saturated carbocycles. The fourth-order valence-electron chi connectivity index (χ4n) is 3.20. The van der Waals surface area contributed by atoms with Gasteiger partial charge in [-0.2, -0.15) is 5.26 Å². The maximum absolute atomic E-state index is 13.6. The van der Waals surface area contributed by atoms with Gasteiger partial charge in [-0.3, -0.25) is 9.59 Å². The summed E-state index contributed by atoms with van der Waals surface area (Å²) >= 11 is 0. The number of benzene rings is 2. The van der Waals surface area contributed by atoms with E-state index in [1.54, 1.807) is 35.2 Å². The second-order valence-electron chi connectivity index (χ2n) is 7.62. The Kier molecular flexibility index (Phi) is 7.21. The molecule has 31 heavy (non-hydrogen) atoms. The van der Waals surface area contributed by atoms with E-state index in [4.69, 9.17) is 14.7 Å². The first-order chi connectivity index (χ1) is 14.9. The van der Waals surface area contributed by atoms with Crippen LogP contribution in [0.2, 0.25) is 0 Å². The van der Waals surface area contributed by atoms with Crippen molar-refractivity contribution in [1.29, 1.82) is 5.26 Å². The zero-order valence-corrected chi connectivity index (χ0v) is 17.4. The Morgan fingerprint density at radius 2 is 2.03 bits per heavy atom. The van der Waals surface area contributed by atoms with E-state index in [1.165, 1.54) is 12.1 Å². The molecule has 1 aliphatic heterocycles. The zero-order valence-electron chi connectivity index (χ0n) is 17.4. The maximum atomic E-state index is 13.6. The van der Waals surface area contributed by atoms with Crippen LogP contribution in [0.3, 0.4) is 0 Å². The minimum Gasteiger partial charge on any atom is -0.481 e. The van der Waals surface area contributed by atoms with Crippen molar-refractivity contribution >= 4 is 23.2 Å². The molecule has 0 spiro atoms. The quantitative estimate of drug-likeness (QED) is 0.733. The standard InChI is InChI=1S/C23H24FN3O4/c1-15(2)11-21(31-19-7-8-20(24)16(12-19)13-25)23(29)26-17-3-5-18(6-4-17)27-9-10-30-14-22(27)28/h3-8,12,15,21H,9-11,14H2,1-2H3,(H,26,29). The van der Waals surface area contributed by atoms with Crippen LogP contribution >= 0.6 is 0 Å². The van der Waals surface area contributed by atoms with Crippen LogP contribution in [0.4, 0.5) is 15.8 Å². The number of anilines is 2. The highest BCUT2D eigenvalue weighted by atomic mass is 19.1. The molecule has 3 rings (SSSR count). The smallest absolute Gasteiger partial charge is 0.265 e. The molecule has 1 N–H and O–H groups in total. The van der Waals surface area contributed by atoms with Crippen LogP contribution in [0.5, 0.6) is 5.75 Å². The van der Waals surface area contributed by atoms with E-state index < -0.39 is 11.9 Å². The second-order valence-corrected chi connectivity index (χ2v) is 7.62. The third-order valence-electron chi connectivity index (χ3n) is 4.75. The fraction of sp³-hybridized carbons (Fsp3) is 0.348. The van der Waals surface area contributed by atoms with Gasteiger partial charge in [0.05, 0.1) is 12.2 Å². The maximum Gasteiger partial charge on any atom is 0.265 e. The van der Waals surface area contributed by atoms with Crippen LogP contribution in [-0.4, -0.2) is 37.7 Å². The highest BCUT2D eigenvalue weighted by Gasteiger charge is 2.23. The molecule has 1 saturated heterocycles. The summed E-state index contributed by atoms with van der Waals surface area (Å²) in [4.78, 5) is 26.5. The molecule has 1 fully saturated rings. The van der Waals surface area contributed by atoms with Gasteiger partial charge in [0, 0.05) is 24.0 Å². The molecule has 0 aromatic heterocycles. The van der Waals surface area contributed by atoms with E-state index in [1.807, 2.05) is 13.8 Å². The highest BCUT2D eigenvalue weighted by molar-refractivity contribution is 5.96. The van der Waals surface area contributed by atoms with Crippen molar-refractivity contribution in [1.82, 2.24) is 0 Å². The molecule has 7 nitrogen and oxygen atoms in total. The predicted molar refractivity (Wildman–Crippen MR) is 113 cm³/mol. The lowest BCUT2D eigenvalue weighted by molar-refractivity contribution is -0.125. The van der Waals surface area contributed by atoms with Gasteiger partial charge in [0.25, 0.3) is 11.8 Å². The Morgan fingerprint density at radius 3 is 2.68 bits per heavy atom. The first kappa shape index (κ1) is 22.2. The molecule has 0 radical (unpaired) electrons. The van der Waals surface area contributed by atoms with Crippen LogP contribution < -0.4 is 15.0 Å². The third-order valence-corrected chi connectivity index (χ3v) is 4.75. The number of amides is 2. The lowest BCUT2D eigenvalue weighted by Gasteiger charge is -2.27. The number of hydrogen-bond acceptors (Lipinski definition) is 5. The SMILES string of the molecule is CC(C)CC(Oc1ccc(F)c(C#N)c1)C(=O)Nc1ccc(N2CCOCC2=O)cc1. The minimum absolute atomic E-state index is 0.0591. The number of nitriles is 1. The van der Waals surface area contributed by atoms with Crippen LogP contribution in [0.15, 0.2) is 42.5 Å². The molecular weight excluding hydrogens is 401 g/mol. The van der Waals surface area contributed by atoms with Gasteiger partial charge in [0.1, 0.15) is 24.2 Å². The average molecular weight is 425 g/mol. The zero-order chi connectivity index (χ0) is 22.4. The molecule has 0 bridgehead atoms. The molecular formula is C23H24FN3O4. The van der Waals surface area contributed by atoms with Crippen LogP contribution in [-0.2, 0) is 14.3 Å². The van der Waals surface area contributed by atoms with E-state index in [0.717, 1.165) is 11.8 Å². The summed E-state index contributed by atoms with van der Waals surface area (Å²) in [6, 6.07) is 12.5. The van der Waals surface area contributed by atoms with Crippen LogP contribution in [0.1, 0.15) is 25.8 Å². The molecule has 0 aliphatic carbocycles. The van der Waals surface area contributed by atoms with Gasteiger partial charge < -0.3 is 19.7 Å². The highest BCUT2D eigenvalue weighted by Crippen LogP contribution is 2.23. The van der Waals surface area contributed by atoms with Crippen molar-refractivity contribution in [2.45, 2.75) is 26.4 Å². The predicted octanol–water partition coefficient (Wildman–Crippen LogP) is 3.49. The molecule has 2 amide bonds. The van der Waals surface area contributed by atoms with E-state index in [-0.39, 0.29) is 35.7 Å². The molecule has 2 aromatic rings. The van der Waals surface area contributed by atoms with Crippen molar-refractivity contribution < 1.29 is 23.5 Å². The van der Waals surface area contributed by atoms with Crippen molar-refractivity contribution in [3.05, 3.63) is 53.8 Å². The Bertz CT molecular complexity index is 985. The summed E-state index contributed by atoms with van der Waals surface area (Å²) in [5.74, 6) is -0.684. The number of hydrogen-bond donors (Lipinski definition) is 1. The van der Waals surface area contributed by atoms with Crippen LogP contribution in [0.25, 0.3) is 0 Å². The van der Waals surface area contributed by atoms with Gasteiger partial charge in [0.15, 0.2) is 6.10 Å². The van der Waals surface area contributed by atoms with Crippen molar-refractivity contribution in [2.24, 2.45) is 5.92 Å². The number of carbonyl (C=O) groups excluding carboxylic acids is 2. The topological polar surface area (TPSA) is 91.7 Å². The van der Waals surface area contributed by atoms with Gasteiger partial charge >= 0.3 is 0 Å². The average Bonchev–Trinajstić information content (AvgIpc) is 2.75. The summed E-state index contributed by atoms with van der Waals surface area (Å²) in [5.41, 5.74) is 1.15. The van der Waals surface area contributed by atoms with E-state index in [2.05, 4.69) is 5.32 Å². The van der Waals surface area contributed by atoms with Gasteiger partial charge in [-0.05, 0) is 48.7 Å². The number of carbonyl (C=O) groups is 2. The van der Waals surface area contributed by atoms with Crippen LogP contribution in [0, 0.1) is 23.1 Å². The van der Waals surface area contributed by atoms with Crippen molar-refractivity contribution in [3.63, 3.8) is 0 Å². The molecule has 1 atom stereocenters. The van der Waals surface area contributed by atoms with Crippen molar-refractivity contribution in [3.8, 4) is 11.8 Å². The minimum atomic E-state index is -0.822. The molecule has 1 unspecified atom stereocenters. The van der Waals surface area contributed by atoms with Crippen molar-refractivity contribution in [2.75, 3.05) is 30.0 Å². The Morgan fingerprint density at radius 1 is 1.29 bits per heavy atom. The molecule has 162 valence electrons. The number of morpholine rings is 1. The number of halogens is 1. The Balaban J connectivity index is 1.70. The molecule has 8 heteroatoms. The van der Waals surface area contributed by atoms with E-state index in [0.29, 0.717) is 25.3 Å². The largest absolute Gasteiger partial charge is 0.481 e. The number of ether oxygens (including phenoxy) is 2. The first-order valence-corrected chi connectivity index (χ1v) is 10.0. The van der Waals surface area contributed by atoms with E-state index >= 15 is 0 Å². The Hall–Kier alpha value is -3.44. The monoisotopic (exact) mass is 425 g/mol. The Labute approximate surface area is 180 Å². The summed E-state index contributed by atoms with van der Waals surface area (Å²) in [5, 5.41) is 11.8. The summed E-state index contributed by atoms with van der Waals surface area (Å²) in [6.45, 7) is 4.95. The lowest BCUT2D eigenvalue weighted by atomic mass is 10.0.